The third-order valence-electron chi connectivity index (χ3n) is 2.20. The van der Waals surface area contributed by atoms with Crippen LogP contribution < -0.4 is 5.73 Å². The van der Waals surface area contributed by atoms with E-state index in [1.807, 2.05) is 13.8 Å². The van der Waals surface area contributed by atoms with Crippen molar-refractivity contribution < 1.29 is 9.18 Å². The van der Waals surface area contributed by atoms with E-state index in [1.165, 1.54) is 12.1 Å². The maximum absolute atomic E-state index is 12.6. The van der Waals surface area contributed by atoms with Crippen molar-refractivity contribution in [1.82, 2.24) is 0 Å². The largest absolute Gasteiger partial charge is 0.369 e. The Bertz CT molecular complexity index is 324. The van der Waals surface area contributed by atoms with E-state index in [0.717, 1.165) is 5.56 Å². The second-order valence-corrected chi connectivity index (χ2v) is 3.68. The molecule has 15 heavy (non-hydrogen) atoms. The Balaban J connectivity index is 0.00000196. The van der Waals surface area contributed by atoms with E-state index in [0.29, 0.717) is 0 Å². The molecule has 4 heteroatoms. The van der Waals surface area contributed by atoms with Crippen LogP contribution in [0.1, 0.15) is 25.3 Å². The van der Waals surface area contributed by atoms with Crippen molar-refractivity contribution in [3.05, 3.63) is 35.6 Å². The highest BCUT2D eigenvalue weighted by atomic mass is 35.5. The van der Waals surface area contributed by atoms with E-state index in [1.54, 1.807) is 12.1 Å². The predicted octanol–water partition coefficient (Wildman–Crippen LogP) is 2.47. The lowest BCUT2D eigenvalue weighted by Crippen LogP contribution is -2.25. The van der Waals surface area contributed by atoms with Gasteiger partial charge in [-0.05, 0) is 23.6 Å². The molecule has 2 nitrogen and oxygen atoms in total. The second kappa shape index (κ2) is 5.71. The van der Waals surface area contributed by atoms with Gasteiger partial charge in [-0.3, -0.25) is 4.79 Å². The summed E-state index contributed by atoms with van der Waals surface area (Å²) >= 11 is 0. The number of hydrogen-bond donors (Lipinski definition) is 1. The number of nitrogens with two attached hydrogens (primary N) is 1. The summed E-state index contributed by atoms with van der Waals surface area (Å²) in [6, 6.07) is 5.89. The first-order chi connectivity index (χ1) is 6.52. The van der Waals surface area contributed by atoms with Crippen molar-refractivity contribution in [2.75, 3.05) is 0 Å². The number of benzene rings is 1. The molecule has 1 rings (SSSR count). The van der Waals surface area contributed by atoms with Crippen molar-refractivity contribution in [3.8, 4) is 0 Å². The van der Waals surface area contributed by atoms with Crippen LogP contribution in [0.3, 0.4) is 0 Å². The molecule has 0 fully saturated rings. The minimum Gasteiger partial charge on any atom is -0.369 e. The van der Waals surface area contributed by atoms with Crippen molar-refractivity contribution in [3.63, 3.8) is 0 Å². The molecule has 0 aliphatic heterocycles. The van der Waals surface area contributed by atoms with E-state index in [9.17, 15) is 9.18 Å². The van der Waals surface area contributed by atoms with Crippen molar-refractivity contribution >= 4 is 18.3 Å². The molecule has 0 radical (unpaired) electrons. The fraction of sp³-hybridized carbons (Fsp3) is 0.364. The van der Waals surface area contributed by atoms with Gasteiger partial charge in [0.15, 0.2) is 0 Å². The summed E-state index contributed by atoms with van der Waals surface area (Å²) in [4.78, 5) is 11.2. The number of halogens is 2. The molecule has 0 bridgehead atoms. The smallest absolute Gasteiger partial charge is 0.225 e. The second-order valence-electron chi connectivity index (χ2n) is 3.68. The fourth-order valence-electron chi connectivity index (χ4n) is 1.55. The molecule has 1 aromatic rings. The van der Waals surface area contributed by atoms with Crippen LogP contribution in [0.5, 0.6) is 0 Å². The summed E-state index contributed by atoms with van der Waals surface area (Å²) in [5, 5.41) is 0. The van der Waals surface area contributed by atoms with Gasteiger partial charge in [-0.1, -0.05) is 26.0 Å². The van der Waals surface area contributed by atoms with E-state index < -0.39 is 0 Å². The standard InChI is InChI=1S/C11H14FNO.ClH/c1-7(2)10(11(13)14)8-3-5-9(12)6-4-8;/h3-7,10H,1-2H3,(H2,13,14);1H. The van der Waals surface area contributed by atoms with Gasteiger partial charge in [0.1, 0.15) is 5.82 Å². The molecule has 0 aliphatic rings. The molecular formula is C11H15ClFNO. The highest BCUT2D eigenvalue weighted by Gasteiger charge is 2.21. The van der Waals surface area contributed by atoms with Crippen LogP contribution >= 0.6 is 12.4 Å². The number of rotatable bonds is 3. The Labute approximate surface area is 95.1 Å². The maximum atomic E-state index is 12.6. The summed E-state index contributed by atoms with van der Waals surface area (Å²) in [5.41, 5.74) is 6.05. The number of amides is 1. The third kappa shape index (κ3) is 3.51. The van der Waals surface area contributed by atoms with E-state index in [2.05, 4.69) is 0 Å². The van der Waals surface area contributed by atoms with Crippen LogP contribution in [0.4, 0.5) is 4.39 Å². The van der Waals surface area contributed by atoms with Gasteiger partial charge in [-0.15, -0.1) is 12.4 Å². The average Bonchev–Trinajstić information content (AvgIpc) is 2.07. The van der Waals surface area contributed by atoms with Gasteiger partial charge in [0.2, 0.25) is 5.91 Å². The van der Waals surface area contributed by atoms with Gasteiger partial charge in [0.05, 0.1) is 5.92 Å². The number of carbonyl (C=O) groups is 1. The molecule has 0 aliphatic carbocycles. The lowest BCUT2D eigenvalue weighted by Gasteiger charge is -2.17. The molecule has 0 heterocycles. The first-order valence-corrected chi connectivity index (χ1v) is 4.57. The minimum atomic E-state index is -0.369. The van der Waals surface area contributed by atoms with Gasteiger partial charge in [0, 0.05) is 0 Å². The Hall–Kier alpha value is -1.09. The van der Waals surface area contributed by atoms with Crippen LogP contribution in [-0.2, 0) is 4.79 Å². The third-order valence-corrected chi connectivity index (χ3v) is 2.20. The first-order valence-electron chi connectivity index (χ1n) is 4.57. The van der Waals surface area contributed by atoms with E-state index >= 15 is 0 Å². The molecule has 0 spiro atoms. The van der Waals surface area contributed by atoms with Crippen molar-refractivity contribution in [2.45, 2.75) is 19.8 Å². The number of carbonyl (C=O) groups excluding carboxylic acids is 1. The van der Waals surface area contributed by atoms with E-state index in [-0.39, 0.29) is 36.0 Å². The molecule has 1 atom stereocenters. The molecule has 1 amide bonds. The summed E-state index contributed by atoms with van der Waals surface area (Å²) < 4.78 is 12.6. The Morgan fingerprint density at radius 3 is 2.07 bits per heavy atom. The molecular weight excluding hydrogens is 217 g/mol. The zero-order valence-corrected chi connectivity index (χ0v) is 9.55. The fourth-order valence-corrected chi connectivity index (χ4v) is 1.55. The number of primary amides is 1. The summed E-state index contributed by atoms with van der Waals surface area (Å²) in [6.45, 7) is 3.83. The minimum absolute atomic E-state index is 0. The zero-order chi connectivity index (χ0) is 10.7. The highest BCUT2D eigenvalue weighted by molar-refractivity contribution is 5.85. The highest BCUT2D eigenvalue weighted by Crippen LogP contribution is 2.23. The van der Waals surface area contributed by atoms with Gasteiger partial charge in [-0.25, -0.2) is 4.39 Å². The summed E-state index contributed by atoms with van der Waals surface area (Å²) in [6.07, 6.45) is 0. The van der Waals surface area contributed by atoms with Crippen LogP contribution in [0.25, 0.3) is 0 Å². The first kappa shape index (κ1) is 13.9. The van der Waals surface area contributed by atoms with Gasteiger partial charge < -0.3 is 5.73 Å². The average molecular weight is 232 g/mol. The summed E-state index contributed by atoms with van der Waals surface area (Å²) in [7, 11) is 0. The van der Waals surface area contributed by atoms with Crippen LogP contribution in [0.2, 0.25) is 0 Å². The normalized spacial score (nSPS) is 12.0. The monoisotopic (exact) mass is 231 g/mol. The molecule has 1 unspecified atom stereocenters. The topological polar surface area (TPSA) is 43.1 Å². The van der Waals surface area contributed by atoms with Gasteiger partial charge in [0.25, 0.3) is 0 Å². The van der Waals surface area contributed by atoms with Crippen molar-refractivity contribution in [1.29, 1.82) is 0 Å². The van der Waals surface area contributed by atoms with E-state index in [4.69, 9.17) is 5.73 Å². The molecule has 84 valence electrons. The Kier molecular flexibility index (Phi) is 5.29. The zero-order valence-electron chi connectivity index (χ0n) is 8.74. The van der Waals surface area contributed by atoms with Crippen LogP contribution in [0, 0.1) is 11.7 Å². The van der Waals surface area contributed by atoms with Gasteiger partial charge >= 0.3 is 0 Å². The van der Waals surface area contributed by atoms with Crippen LogP contribution in [0.15, 0.2) is 24.3 Å². The van der Waals surface area contributed by atoms with Crippen LogP contribution in [-0.4, -0.2) is 5.91 Å². The molecule has 0 saturated heterocycles. The Morgan fingerprint density at radius 1 is 1.27 bits per heavy atom. The Morgan fingerprint density at radius 2 is 1.73 bits per heavy atom. The van der Waals surface area contributed by atoms with Gasteiger partial charge in [-0.2, -0.15) is 0 Å². The molecule has 0 aromatic heterocycles. The van der Waals surface area contributed by atoms with Crippen molar-refractivity contribution in [2.24, 2.45) is 11.7 Å². The molecule has 0 saturated carbocycles. The quantitative estimate of drug-likeness (QED) is 0.853. The lowest BCUT2D eigenvalue weighted by molar-refractivity contribution is -0.120. The molecule has 2 N–H and O–H groups in total. The predicted molar refractivity (Wildman–Crippen MR) is 60.4 cm³/mol. The molecule has 1 aromatic carbocycles. The maximum Gasteiger partial charge on any atom is 0.225 e. The summed E-state index contributed by atoms with van der Waals surface area (Å²) in [5.74, 6) is -0.888. The number of hydrogen-bond acceptors (Lipinski definition) is 1. The SMILES string of the molecule is CC(C)C(C(N)=O)c1ccc(F)cc1.Cl. The lowest BCUT2D eigenvalue weighted by atomic mass is 9.88.